The molecule has 4 rings (SSSR count). The highest BCUT2D eigenvalue weighted by molar-refractivity contribution is 6.13. The van der Waals surface area contributed by atoms with Gasteiger partial charge in [0, 0.05) is 41.9 Å². The maximum absolute atomic E-state index is 13.4. The minimum Gasteiger partial charge on any atom is -0.378 e. The van der Waals surface area contributed by atoms with Gasteiger partial charge in [0.2, 0.25) is 5.91 Å². The van der Waals surface area contributed by atoms with Crippen LogP contribution in [-0.2, 0) is 9.53 Å². The molecule has 9 nitrogen and oxygen atoms in total. The van der Waals surface area contributed by atoms with E-state index in [1.807, 2.05) is 57.1 Å². The molecule has 3 aromatic carbocycles. The van der Waals surface area contributed by atoms with E-state index in [0.717, 1.165) is 11.4 Å². The maximum atomic E-state index is 13.4. The number of aromatic nitrogens is 1. The molecular weight excluding hydrogens is 470 g/mol. The molecule has 1 aromatic heterocycles. The first-order chi connectivity index (χ1) is 17.6. The van der Waals surface area contributed by atoms with Crippen molar-refractivity contribution in [3.8, 4) is 0 Å². The van der Waals surface area contributed by atoms with E-state index in [1.165, 1.54) is 0 Å². The van der Waals surface area contributed by atoms with Gasteiger partial charge in [-0.3, -0.25) is 14.4 Å². The molecule has 37 heavy (non-hydrogen) atoms. The number of hydrogen-bond donors (Lipinski definition) is 4. The minimum atomic E-state index is -0.673. The molecule has 0 saturated carbocycles. The van der Waals surface area contributed by atoms with E-state index in [1.54, 1.807) is 36.4 Å². The Bertz CT molecular complexity index is 1530. The summed E-state index contributed by atoms with van der Waals surface area (Å²) < 4.78 is 5.77. The Morgan fingerprint density at radius 2 is 1.73 bits per heavy atom. The quantitative estimate of drug-likeness (QED) is 0.259. The van der Waals surface area contributed by atoms with Crippen LogP contribution in [0.15, 0.2) is 65.5 Å². The molecule has 2 amide bonds. The first-order valence-corrected chi connectivity index (χ1v) is 12.0. The molecule has 192 valence electrons. The number of nitrogens with zero attached hydrogens (tertiary/aromatic N) is 1. The number of fused-ring (bicyclic) bond motifs is 3. The third-order valence-corrected chi connectivity index (χ3v) is 6.01. The smallest absolute Gasteiger partial charge is 0.256 e. The Hall–Kier alpha value is -4.37. The number of pyridine rings is 1. The zero-order valence-electron chi connectivity index (χ0n) is 21.3. The van der Waals surface area contributed by atoms with Crippen molar-refractivity contribution in [2.75, 3.05) is 36.2 Å². The molecule has 1 heterocycles. The highest BCUT2D eigenvalue weighted by atomic mass is 16.5. The summed E-state index contributed by atoms with van der Waals surface area (Å²) in [5.74, 6) is -0.926. The summed E-state index contributed by atoms with van der Waals surface area (Å²) in [4.78, 5) is 42.7. The van der Waals surface area contributed by atoms with E-state index in [0.29, 0.717) is 27.4 Å². The van der Waals surface area contributed by atoms with Gasteiger partial charge in [-0.1, -0.05) is 18.2 Å². The molecule has 5 N–H and O–H groups in total. The second kappa shape index (κ2) is 10.7. The number of aromatic amines is 1. The topological polar surface area (TPSA) is 130 Å². The molecule has 9 heteroatoms. The van der Waals surface area contributed by atoms with Gasteiger partial charge >= 0.3 is 0 Å². The van der Waals surface area contributed by atoms with Gasteiger partial charge in [0.05, 0.1) is 23.8 Å². The van der Waals surface area contributed by atoms with Crippen LogP contribution in [0.5, 0.6) is 0 Å². The SMILES string of the molecule is CC(C)OC[C@H](Nc1cccc(N(C)C)c1)C(=O)Nc1ccc2c(=O)[nH]c3c(C(N)=O)cccc3c2c1. The predicted molar refractivity (Wildman–Crippen MR) is 148 cm³/mol. The fourth-order valence-electron chi connectivity index (χ4n) is 4.12. The monoisotopic (exact) mass is 501 g/mol. The first kappa shape index (κ1) is 25.7. The number of benzene rings is 3. The summed E-state index contributed by atoms with van der Waals surface area (Å²) in [5, 5.41) is 7.90. The van der Waals surface area contributed by atoms with Gasteiger partial charge in [-0.15, -0.1) is 0 Å². The Balaban J connectivity index is 1.67. The van der Waals surface area contributed by atoms with E-state index >= 15 is 0 Å². The first-order valence-electron chi connectivity index (χ1n) is 12.0. The van der Waals surface area contributed by atoms with E-state index < -0.39 is 11.9 Å². The molecule has 0 aliphatic carbocycles. The third-order valence-electron chi connectivity index (χ3n) is 6.01. The van der Waals surface area contributed by atoms with Gasteiger partial charge in [0.1, 0.15) is 6.04 Å². The number of carbonyl (C=O) groups excluding carboxylic acids is 2. The van der Waals surface area contributed by atoms with Gasteiger partial charge in [-0.25, -0.2) is 0 Å². The van der Waals surface area contributed by atoms with Crippen LogP contribution in [0.3, 0.4) is 0 Å². The van der Waals surface area contributed by atoms with E-state index in [4.69, 9.17) is 10.5 Å². The van der Waals surface area contributed by atoms with Crippen molar-refractivity contribution in [1.29, 1.82) is 0 Å². The Morgan fingerprint density at radius 1 is 0.973 bits per heavy atom. The van der Waals surface area contributed by atoms with Crippen LogP contribution in [-0.4, -0.2) is 49.6 Å². The van der Waals surface area contributed by atoms with Crippen LogP contribution < -0.4 is 26.8 Å². The Kier molecular flexibility index (Phi) is 7.45. The average Bonchev–Trinajstić information content (AvgIpc) is 2.86. The molecule has 0 fully saturated rings. The van der Waals surface area contributed by atoms with E-state index in [2.05, 4.69) is 15.6 Å². The maximum Gasteiger partial charge on any atom is 0.256 e. The largest absolute Gasteiger partial charge is 0.378 e. The van der Waals surface area contributed by atoms with E-state index in [-0.39, 0.29) is 29.7 Å². The highest BCUT2D eigenvalue weighted by Crippen LogP contribution is 2.26. The van der Waals surface area contributed by atoms with Crippen LogP contribution in [0.2, 0.25) is 0 Å². The molecule has 4 aromatic rings. The van der Waals surface area contributed by atoms with E-state index in [9.17, 15) is 14.4 Å². The molecule has 0 aliphatic heterocycles. The van der Waals surface area contributed by atoms with Gasteiger partial charge in [-0.05, 0) is 61.7 Å². The van der Waals surface area contributed by atoms with Gasteiger partial charge in [0.15, 0.2) is 0 Å². The number of carbonyl (C=O) groups is 2. The number of nitrogens with two attached hydrogens (primary N) is 1. The average molecular weight is 502 g/mol. The molecular formula is C28H31N5O4. The van der Waals surface area contributed by atoms with Crippen molar-refractivity contribution in [3.63, 3.8) is 0 Å². The van der Waals surface area contributed by atoms with Gasteiger partial charge in [0.25, 0.3) is 11.5 Å². The van der Waals surface area contributed by atoms with Crippen LogP contribution in [0.4, 0.5) is 17.1 Å². The lowest BCUT2D eigenvalue weighted by atomic mass is 10.0. The van der Waals surface area contributed by atoms with Gasteiger partial charge in [-0.2, -0.15) is 0 Å². The van der Waals surface area contributed by atoms with Crippen molar-refractivity contribution in [3.05, 3.63) is 76.6 Å². The molecule has 0 spiro atoms. The number of H-pyrrole nitrogens is 1. The van der Waals surface area contributed by atoms with Crippen molar-refractivity contribution < 1.29 is 14.3 Å². The standard InChI is InChI=1S/C28H31N5O4/c1-16(2)37-15-24(30-17-7-5-8-19(13-17)33(3)4)28(36)31-18-11-12-21-23(14-18)20-9-6-10-22(26(29)34)25(20)32-27(21)35/h5-14,16,24,30H,15H2,1-4H3,(H2,29,34)(H,31,36)(H,32,35)/t24-/m0/s1. The second-order valence-corrected chi connectivity index (χ2v) is 9.32. The minimum absolute atomic E-state index is 0.0524. The van der Waals surface area contributed by atoms with Crippen LogP contribution in [0, 0.1) is 0 Å². The number of para-hydroxylation sites is 1. The summed E-state index contributed by atoms with van der Waals surface area (Å²) in [5.41, 5.74) is 8.03. The van der Waals surface area contributed by atoms with Crippen LogP contribution >= 0.6 is 0 Å². The van der Waals surface area contributed by atoms with Crippen molar-refractivity contribution in [2.24, 2.45) is 5.73 Å². The third kappa shape index (κ3) is 5.73. The van der Waals surface area contributed by atoms with Crippen molar-refractivity contribution >= 4 is 50.6 Å². The lowest BCUT2D eigenvalue weighted by molar-refractivity contribution is -0.118. The molecule has 0 radical (unpaired) electrons. The number of hydrogen-bond acceptors (Lipinski definition) is 6. The number of ether oxygens (including phenoxy) is 1. The lowest BCUT2D eigenvalue weighted by Crippen LogP contribution is -2.39. The molecule has 1 atom stereocenters. The summed E-state index contributed by atoms with van der Waals surface area (Å²) in [6.45, 7) is 3.98. The Morgan fingerprint density at radius 3 is 2.43 bits per heavy atom. The number of amides is 2. The number of anilines is 3. The summed E-state index contributed by atoms with van der Waals surface area (Å²) in [6, 6.07) is 17.2. The van der Waals surface area contributed by atoms with Crippen LogP contribution in [0.1, 0.15) is 24.2 Å². The number of nitrogens with one attached hydrogen (secondary N) is 3. The molecule has 0 saturated heterocycles. The Labute approximate surface area is 214 Å². The van der Waals surface area contributed by atoms with Gasteiger partial charge < -0.3 is 31.0 Å². The fourth-order valence-corrected chi connectivity index (χ4v) is 4.12. The summed E-state index contributed by atoms with van der Waals surface area (Å²) >= 11 is 0. The number of primary amides is 1. The zero-order valence-corrected chi connectivity index (χ0v) is 21.3. The molecule has 0 bridgehead atoms. The van der Waals surface area contributed by atoms with Crippen molar-refractivity contribution in [2.45, 2.75) is 26.0 Å². The molecule has 0 unspecified atom stereocenters. The van der Waals surface area contributed by atoms with Crippen molar-refractivity contribution in [1.82, 2.24) is 4.98 Å². The summed E-state index contributed by atoms with van der Waals surface area (Å²) in [6.07, 6.45) is -0.0524. The molecule has 0 aliphatic rings. The summed E-state index contributed by atoms with van der Waals surface area (Å²) in [7, 11) is 3.90. The normalized spacial score (nSPS) is 12.0. The lowest BCUT2D eigenvalue weighted by Gasteiger charge is -2.22. The predicted octanol–water partition coefficient (Wildman–Crippen LogP) is 3.69. The van der Waals surface area contributed by atoms with Crippen LogP contribution in [0.25, 0.3) is 21.7 Å². The zero-order chi connectivity index (χ0) is 26.7. The number of rotatable bonds is 9. The second-order valence-electron chi connectivity index (χ2n) is 9.32. The fraction of sp³-hybridized carbons (Fsp3) is 0.250. The highest BCUT2D eigenvalue weighted by Gasteiger charge is 2.21.